The molecule has 2 aromatic carbocycles. The van der Waals surface area contributed by atoms with Crippen LogP contribution in [0.2, 0.25) is 5.02 Å². The zero-order valence-electron chi connectivity index (χ0n) is 14.8. The number of phenols is 1. The summed E-state index contributed by atoms with van der Waals surface area (Å²) in [4.78, 5) is 16.8. The number of nitrogens with one attached hydrogen (secondary N) is 1. The van der Waals surface area contributed by atoms with E-state index in [4.69, 9.17) is 11.6 Å². The second-order valence-electron chi connectivity index (χ2n) is 5.93. The Labute approximate surface area is 171 Å². The van der Waals surface area contributed by atoms with Crippen LogP contribution in [0, 0.1) is 0 Å². The van der Waals surface area contributed by atoms with Gasteiger partial charge in [0.25, 0.3) is 0 Å². The van der Waals surface area contributed by atoms with Crippen LogP contribution in [-0.4, -0.2) is 30.2 Å². The lowest BCUT2D eigenvalue weighted by atomic mass is 10.2. The van der Waals surface area contributed by atoms with Crippen LogP contribution in [0.15, 0.2) is 52.7 Å². The molecule has 146 valence electrons. The van der Waals surface area contributed by atoms with Gasteiger partial charge in [-0.3, -0.25) is 4.79 Å². The predicted octanol–water partition coefficient (Wildman–Crippen LogP) is 4.14. The number of thiazole rings is 1. The van der Waals surface area contributed by atoms with Crippen LogP contribution < -0.4 is 5.32 Å². The molecule has 1 amide bonds. The Morgan fingerprint density at radius 3 is 2.71 bits per heavy atom. The van der Waals surface area contributed by atoms with E-state index in [0.717, 1.165) is 5.56 Å². The lowest BCUT2D eigenvalue weighted by molar-refractivity contribution is -0.115. The second kappa shape index (κ2) is 8.30. The van der Waals surface area contributed by atoms with E-state index in [1.165, 1.54) is 36.5 Å². The highest BCUT2D eigenvalue weighted by atomic mass is 35.5. The molecule has 0 aliphatic rings. The third-order valence-corrected chi connectivity index (χ3v) is 6.97. The van der Waals surface area contributed by atoms with E-state index in [2.05, 4.69) is 10.3 Å². The molecule has 0 spiro atoms. The van der Waals surface area contributed by atoms with E-state index < -0.39 is 15.7 Å². The number of hydrogen-bond acceptors (Lipinski definition) is 6. The zero-order valence-corrected chi connectivity index (χ0v) is 17.2. The van der Waals surface area contributed by atoms with E-state index in [-0.39, 0.29) is 28.5 Å². The molecule has 0 radical (unpaired) electrons. The van der Waals surface area contributed by atoms with Crippen molar-refractivity contribution < 1.29 is 18.3 Å². The highest BCUT2D eigenvalue weighted by Crippen LogP contribution is 2.31. The quantitative estimate of drug-likeness (QED) is 0.566. The molecule has 1 aromatic heterocycles. The Hall–Kier alpha value is -2.42. The number of halogens is 1. The number of aromatic nitrogens is 1. The van der Waals surface area contributed by atoms with Crippen LogP contribution in [0.4, 0.5) is 5.69 Å². The van der Waals surface area contributed by atoms with Gasteiger partial charge in [0, 0.05) is 10.9 Å². The smallest absolute Gasteiger partial charge is 0.230 e. The van der Waals surface area contributed by atoms with Crippen molar-refractivity contribution in [2.45, 2.75) is 18.2 Å². The highest BCUT2D eigenvalue weighted by Gasteiger charge is 2.16. The van der Waals surface area contributed by atoms with Gasteiger partial charge >= 0.3 is 0 Å². The van der Waals surface area contributed by atoms with E-state index >= 15 is 0 Å². The van der Waals surface area contributed by atoms with Crippen molar-refractivity contribution in [2.24, 2.45) is 0 Å². The van der Waals surface area contributed by atoms with E-state index in [1.54, 1.807) is 11.4 Å². The first-order valence-electron chi connectivity index (χ1n) is 8.35. The number of hydrogen-bond donors (Lipinski definition) is 2. The first-order valence-corrected chi connectivity index (χ1v) is 11.3. The minimum atomic E-state index is -3.45. The van der Waals surface area contributed by atoms with Crippen molar-refractivity contribution in [3.8, 4) is 16.3 Å². The third kappa shape index (κ3) is 4.52. The van der Waals surface area contributed by atoms with Crippen LogP contribution >= 0.6 is 22.9 Å². The molecule has 6 nitrogen and oxygen atoms in total. The molecule has 1 heterocycles. The monoisotopic (exact) mass is 436 g/mol. The maximum atomic E-state index is 12.3. The Bertz CT molecular complexity index is 1130. The number of rotatable bonds is 6. The van der Waals surface area contributed by atoms with Crippen molar-refractivity contribution in [1.29, 1.82) is 0 Å². The maximum absolute atomic E-state index is 12.3. The van der Waals surface area contributed by atoms with Gasteiger partial charge in [-0.1, -0.05) is 36.7 Å². The number of benzene rings is 2. The fourth-order valence-corrected chi connectivity index (χ4v) is 4.53. The number of aromatic hydroxyl groups is 1. The van der Waals surface area contributed by atoms with E-state index in [0.29, 0.717) is 15.7 Å². The molecular formula is C19H17ClN2O4S2. The summed E-state index contributed by atoms with van der Waals surface area (Å²) in [6.07, 6.45) is -0.0227. The van der Waals surface area contributed by atoms with Crippen molar-refractivity contribution in [3.63, 3.8) is 0 Å². The minimum absolute atomic E-state index is 0.0227. The number of carbonyl (C=O) groups excluding carboxylic acids is 1. The van der Waals surface area contributed by atoms with Gasteiger partial charge in [0.05, 0.1) is 33.5 Å². The number of amides is 1. The molecular weight excluding hydrogens is 420 g/mol. The fourth-order valence-electron chi connectivity index (χ4n) is 2.48. The van der Waals surface area contributed by atoms with E-state index in [9.17, 15) is 18.3 Å². The normalized spacial score (nSPS) is 11.4. The number of anilines is 1. The summed E-state index contributed by atoms with van der Waals surface area (Å²) < 4.78 is 24.0. The lowest BCUT2D eigenvalue weighted by Gasteiger charge is -2.09. The van der Waals surface area contributed by atoms with Gasteiger partial charge in [0.1, 0.15) is 10.8 Å². The first kappa shape index (κ1) is 20.3. The summed E-state index contributed by atoms with van der Waals surface area (Å²) in [6, 6.07) is 11.1. The third-order valence-electron chi connectivity index (χ3n) is 3.98. The molecule has 0 aliphatic carbocycles. The summed E-state index contributed by atoms with van der Waals surface area (Å²) in [5.41, 5.74) is 1.38. The second-order valence-corrected chi connectivity index (χ2v) is 9.47. The Kier molecular flexibility index (Phi) is 6.02. The summed E-state index contributed by atoms with van der Waals surface area (Å²) in [7, 11) is -3.45. The molecule has 0 aliphatic heterocycles. The molecule has 0 saturated heterocycles. The van der Waals surface area contributed by atoms with Gasteiger partial charge in [-0.05, 0) is 24.3 Å². The Balaban J connectivity index is 1.75. The maximum Gasteiger partial charge on any atom is 0.230 e. The topological polar surface area (TPSA) is 96.4 Å². The molecule has 28 heavy (non-hydrogen) atoms. The Morgan fingerprint density at radius 2 is 2.00 bits per heavy atom. The van der Waals surface area contributed by atoms with Gasteiger partial charge in [0.15, 0.2) is 9.84 Å². The Morgan fingerprint density at radius 1 is 1.25 bits per heavy atom. The van der Waals surface area contributed by atoms with Crippen molar-refractivity contribution >= 4 is 44.4 Å². The number of carbonyl (C=O) groups is 1. The van der Waals surface area contributed by atoms with Gasteiger partial charge < -0.3 is 10.4 Å². The molecule has 9 heteroatoms. The van der Waals surface area contributed by atoms with Crippen LogP contribution in [0.3, 0.4) is 0 Å². The number of phenolic OH excluding ortho intramolecular Hbond substituents is 1. The molecule has 0 atom stereocenters. The SMILES string of the molecule is CCS(=O)(=O)c1ccc(O)c(NC(=O)Cc2csc(-c3ccccc3Cl)n2)c1. The zero-order chi connectivity index (χ0) is 20.3. The van der Waals surface area contributed by atoms with Crippen molar-refractivity contribution in [2.75, 3.05) is 11.1 Å². The fraction of sp³-hybridized carbons (Fsp3) is 0.158. The molecule has 0 saturated carbocycles. The molecule has 0 unspecified atom stereocenters. The first-order chi connectivity index (χ1) is 13.3. The van der Waals surface area contributed by atoms with Crippen molar-refractivity contribution in [3.05, 3.63) is 58.6 Å². The van der Waals surface area contributed by atoms with Crippen LogP contribution in [0.1, 0.15) is 12.6 Å². The molecule has 0 bridgehead atoms. The lowest BCUT2D eigenvalue weighted by Crippen LogP contribution is -2.15. The number of sulfone groups is 1. The standard InChI is InChI=1S/C19H17ClN2O4S2/c1-2-28(25,26)13-7-8-17(23)16(10-13)22-18(24)9-12-11-27-19(21-12)14-5-3-4-6-15(14)20/h3-8,10-11,23H,2,9H2,1H3,(H,22,24). The minimum Gasteiger partial charge on any atom is -0.506 e. The summed E-state index contributed by atoms with van der Waals surface area (Å²) in [5, 5.41) is 15.5. The molecule has 3 aromatic rings. The van der Waals surface area contributed by atoms with Crippen LogP contribution in [0.25, 0.3) is 10.6 Å². The molecule has 2 N–H and O–H groups in total. The van der Waals surface area contributed by atoms with E-state index in [1.807, 2.05) is 18.2 Å². The average Bonchev–Trinajstić information content (AvgIpc) is 3.11. The summed E-state index contributed by atoms with van der Waals surface area (Å²) in [5.74, 6) is -0.703. The average molecular weight is 437 g/mol. The summed E-state index contributed by atoms with van der Waals surface area (Å²) >= 11 is 7.55. The van der Waals surface area contributed by atoms with Crippen molar-refractivity contribution in [1.82, 2.24) is 4.98 Å². The predicted molar refractivity (Wildman–Crippen MR) is 111 cm³/mol. The molecule has 0 fully saturated rings. The van der Waals surface area contributed by atoms with Gasteiger partial charge in [-0.15, -0.1) is 11.3 Å². The molecule has 3 rings (SSSR count). The van der Waals surface area contributed by atoms with Gasteiger partial charge in [-0.2, -0.15) is 0 Å². The highest BCUT2D eigenvalue weighted by molar-refractivity contribution is 7.91. The number of nitrogens with zero attached hydrogens (tertiary/aromatic N) is 1. The largest absolute Gasteiger partial charge is 0.506 e. The van der Waals surface area contributed by atoms with Crippen LogP contribution in [-0.2, 0) is 21.1 Å². The van der Waals surface area contributed by atoms with Gasteiger partial charge in [-0.25, -0.2) is 13.4 Å². The van der Waals surface area contributed by atoms with Crippen LogP contribution in [0.5, 0.6) is 5.75 Å². The summed E-state index contributed by atoms with van der Waals surface area (Å²) in [6.45, 7) is 1.53. The van der Waals surface area contributed by atoms with Gasteiger partial charge in [0.2, 0.25) is 5.91 Å².